The Morgan fingerprint density at radius 3 is 2.76 bits per heavy atom. The lowest BCUT2D eigenvalue weighted by molar-refractivity contribution is 0.581. The molecule has 3 heteroatoms. The van der Waals surface area contributed by atoms with Crippen molar-refractivity contribution in [3.63, 3.8) is 0 Å². The molecule has 92 valence electrons. The number of rotatable bonds is 4. The summed E-state index contributed by atoms with van der Waals surface area (Å²) >= 11 is 6.03. The molecule has 2 nitrogen and oxygen atoms in total. The van der Waals surface area contributed by atoms with Crippen LogP contribution in [0.4, 0.5) is 0 Å². The maximum atomic E-state index is 6.03. The molecule has 17 heavy (non-hydrogen) atoms. The molecule has 0 radical (unpaired) electrons. The Morgan fingerprint density at radius 1 is 1.35 bits per heavy atom. The summed E-state index contributed by atoms with van der Waals surface area (Å²) in [4.78, 5) is 0. The lowest BCUT2D eigenvalue weighted by Gasteiger charge is -2.12. The molecule has 2 aromatic rings. The molecule has 1 atom stereocenters. The second kappa shape index (κ2) is 5.11. The molecule has 1 aromatic heterocycles. The van der Waals surface area contributed by atoms with Crippen LogP contribution in [0.5, 0.6) is 0 Å². The minimum absolute atomic E-state index is 0.486. The largest absolute Gasteiger partial charge is 0.345 e. The maximum absolute atomic E-state index is 6.03. The van der Waals surface area contributed by atoms with E-state index in [1.54, 1.807) is 0 Å². The Labute approximate surface area is 108 Å². The van der Waals surface area contributed by atoms with Gasteiger partial charge in [0, 0.05) is 40.6 Å². The fourth-order valence-corrected chi connectivity index (χ4v) is 2.44. The smallest absolute Gasteiger partial charge is 0.0483 e. The first-order valence-electron chi connectivity index (χ1n) is 6.10. The number of likely N-dealkylation sites (N-methyl/N-ethyl adjacent to an activating group) is 1. The third kappa shape index (κ3) is 2.48. The van der Waals surface area contributed by atoms with Crippen molar-refractivity contribution in [2.75, 3.05) is 7.05 Å². The Morgan fingerprint density at radius 2 is 2.12 bits per heavy atom. The molecule has 0 saturated carbocycles. The van der Waals surface area contributed by atoms with Crippen LogP contribution < -0.4 is 5.32 Å². The van der Waals surface area contributed by atoms with E-state index in [1.807, 2.05) is 19.2 Å². The van der Waals surface area contributed by atoms with E-state index >= 15 is 0 Å². The van der Waals surface area contributed by atoms with E-state index in [0.29, 0.717) is 6.04 Å². The molecule has 0 bridgehead atoms. The molecule has 1 aromatic carbocycles. The van der Waals surface area contributed by atoms with Crippen LogP contribution in [0.15, 0.2) is 24.3 Å². The van der Waals surface area contributed by atoms with Crippen molar-refractivity contribution in [1.29, 1.82) is 0 Å². The summed E-state index contributed by atoms with van der Waals surface area (Å²) < 4.78 is 2.36. The summed E-state index contributed by atoms with van der Waals surface area (Å²) in [6.45, 7) is 5.38. The molecule has 1 N–H and O–H groups in total. The first kappa shape index (κ1) is 12.5. The molecule has 1 heterocycles. The number of nitrogens with one attached hydrogen (secondary N) is 1. The van der Waals surface area contributed by atoms with Crippen LogP contribution in [0.25, 0.3) is 10.9 Å². The summed E-state index contributed by atoms with van der Waals surface area (Å²) in [6.07, 6.45) is 1.04. The van der Waals surface area contributed by atoms with Crippen LogP contribution >= 0.6 is 11.6 Å². The minimum atomic E-state index is 0.486. The maximum Gasteiger partial charge on any atom is 0.0483 e. The second-order valence-electron chi connectivity index (χ2n) is 4.48. The third-order valence-electron chi connectivity index (χ3n) is 3.27. The molecular formula is C14H19ClN2. The van der Waals surface area contributed by atoms with E-state index in [-0.39, 0.29) is 0 Å². The van der Waals surface area contributed by atoms with E-state index in [2.05, 4.69) is 35.9 Å². The molecule has 0 amide bonds. The average Bonchev–Trinajstić information content (AvgIpc) is 2.64. The van der Waals surface area contributed by atoms with Crippen LogP contribution in [0.3, 0.4) is 0 Å². The quantitative estimate of drug-likeness (QED) is 0.879. The zero-order valence-electron chi connectivity index (χ0n) is 10.6. The number of hydrogen-bond donors (Lipinski definition) is 1. The van der Waals surface area contributed by atoms with Gasteiger partial charge in [0.05, 0.1) is 0 Å². The van der Waals surface area contributed by atoms with E-state index in [1.165, 1.54) is 16.6 Å². The van der Waals surface area contributed by atoms with E-state index in [9.17, 15) is 0 Å². The molecule has 0 aliphatic heterocycles. The first-order valence-corrected chi connectivity index (χ1v) is 6.48. The van der Waals surface area contributed by atoms with Crippen molar-refractivity contribution in [2.24, 2.45) is 0 Å². The third-order valence-corrected chi connectivity index (χ3v) is 3.51. The second-order valence-corrected chi connectivity index (χ2v) is 4.91. The average molecular weight is 251 g/mol. The monoisotopic (exact) mass is 250 g/mol. The summed E-state index contributed by atoms with van der Waals surface area (Å²) in [5, 5.41) is 5.32. The Bertz CT molecular complexity index is 516. The SMILES string of the molecule is CCn1c(CC(C)NC)cc2cc(Cl)ccc21. The number of aromatic nitrogens is 1. The Kier molecular flexibility index (Phi) is 3.75. The van der Waals surface area contributed by atoms with E-state index in [4.69, 9.17) is 11.6 Å². The van der Waals surface area contributed by atoms with Crippen molar-refractivity contribution in [3.05, 3.63) is 35.0 Å². The van der Waals surface area contributed by atoms with Gasteiger partial charge in [-0.05, 0) is 45.2 Å². The normalized spacial score (nSPS) is 13.2. The van der Waals surface area contributed by atoms with Crippen LogP contribution in [-0.2, 0) is 13.0 Å². The van der Waals surface area contributed by atoms with Gasteiger partial charge in [-0.25, -0.2) is 0 Å². The van der Waals surface area contributed by atoms with Gasteiger partial charge in [-0.2, -0.15) is 0 Å². The highest BCUT2D eigenvalue weighted by molar-refractivity contribution is 6.31. The van der Waals surface area contributed by atoms with Gasteiger partial charge in [0.2, 0.25) is 0 Å². The van der Waals surface area contributed by atoms with Crippen molar-refractivity contribution < 1.29 is 0 Å². The van der Waals surface area contributed by atoms with Gasteiger partial charge in [-0.15, -0.1) is 0 Å². The summed E-state index contributed by atoms with van der Waals surface area (Å²) in [6, 6.07) is 8.84. The van der Waals surface area contributed by atoms with Crippen LogP contribution in [0.1, 0.15) is 19.5 Å². The first-order chi connectivity index (χ1) is 8.15. The zero-order chi connectivity index (χ0) is 12.4. The van der Waals surface area contributed by atoms with Crippen LogP contribution in [0.2, 0.25) is 5.02 Å². The van der Waals surface area contributed by atoms with Gasteiger partial charge in [-0.1, -0.05) is 11.6 Å². The van der Waals surface area contributed by atoms with E-state index < -0.39 is 0 Å². The topological polar surface area (TPSA) is 17.0 Å². The predicted molar refractivity (Wildman–Crippen MR) is 74.8 cm³/mol. The lowest BCUT2D eigenvalue weighted by Crippen LogP contribution is -2.24. The molecular weight excluding hydrogens is 232 g/mol. The van der Waals surface area contributed by atoms with Crippen molar-refractivity contribution in [1.82, 2.24) is 9.88 Å². The number of halogens is 1. The Hall–Kier alpha value is -0.990. The molecule has 2 rings (SSSR count). The van der Waals surface area contributed by atoms with Gasteiger partial charge in [-0.3, -0.25) is 0 Å². The summed E-state index contributed by atoms with van der Waals surface area (Å²) in [5.41, 5.74) is 2.64. The summed E-state index contributed by atoms with van der Waals surface area (Å²) in [7, 11) is 2.00. The van der Waals surface area contributed by atoms with Crippen molar-refractivity contribution in [2.45, 2.75) is 32.9 Å². The molecule has 0 fully saturated rings. The summed E-state index contributed by atoms with van der Waals surface area (Å²) in [5.74, 6) is 0. The fraction of sp³-hybridized carbons (Fsp3) is 0.429. The van der Waals surface area contributed by atoms with Crippen LogP contribution in [0, 0.1) is 0 Å². The van der Waals surface area contributed by atoms with Gasteiger partial charge in [0.1, 0.15) is 0 Å². The number of nitrogens with zero attached hydrogens (tertiary/aromatic N) is 1. The Balaban J connectivity index is 2.48. The number of aryl methyl sites for hydroxylation is 1. The number of fused-ring (bicyclic) bond motifs is 1. The molecule has 0 saturated heterocycles. The lowest BCUT2D eigenvalue weighted by atomic mass is 10.2. The molecule has 0 aliphatic rings. The molecule has 1 unspecified atom stereocenters. The minimum Gasteiger partial charge on any atom is -0.345 e. The van der Waals surface area contributed by atoms with Crippen LogP contribution in [-0.4, -0.2) is 17.7 Å². The van der Waals surface area contributed by atoms with Crippen molar-refractivity contribution >= 4 is 22.5 Å². The van der Waals surface area contributed by atoms with Gasteiger partial charge >= 0.3 is 0 Å². The van der Waals surface area contributed by atoms with Crippen molar-refractivity contribution in [3.8, 4) is 0 Å². The van der Waals surface area contributed by atoms with Gasteiger partial charge < -0.3 is 9.88 Å². The van der Waals surface area contributed by atoms with E-state index in [0.717, 1.165) is 18.0 Å². The number of hydrogen-bond acceptors (Lipinski definition) is 1. The predicted octanol–water partition coefficient (Wildman–Crippen LogP) is 3.47. The zero-order valence-corrected chi connectivity index (χ0v) is 11.4. The molecule has 0 spiro atoms. The highest BCUT2D eigenvalue weighted by atomic mass is 35.5. The molecule has 0 aliphatic carbocycles. The highest BCUT2D eigenvalue weighted by Gasteiger charge is 2.10. The standard InChI is InChI=1S/C14H19ClN2/c1-4-17-13(7-10(2)16-3)9-11-8-12(15)5-6-14(11)17/h5-6,8-10,16H,4,7H2,1-3H3. The fourth-order valence-electron chi connectivity index (χ4n) is 2.26. The highest BCUT2D eigenvalue weighted by Crippen LogP contribution is 2.24. The number of benzene rings is 1. The van der Waals surface area contributed by atoms with Gasteiger partial charge in [0.25, 0.3) is 0 Å². The van der Waals surface area contributed by atoms with Gasteiger partial charge in [0.15, 0.2) is 0 Å².